The van der Waals surface area contributed by atoms with Crippen LogP contribution in [-0.2, 0) is 0 Å². The van der Waals surface area contributed by atoms with Crippen LogP contribution in [0.2, 0.25) is 0 Å². The molecule has 0 bridgehead atoms. The minimum absolute atomic E-state index is 0.179. The van der Waals surface area contributed by atoms with E-state index in [9.17, 15) is 14.7 Å². The molecule has 7 heteroatoms. The van der Waals surface area contributed by atoms with Crippen LogP contribution >= 0.6 is 0 Å². The number of nitrogens with zero attached hydrogens (tertiary/aromatic N) is 2. The van der Waals surface area contributed by atoms with E-state index in [4.69, 9.17) is 4.42 Å². The third-order valence-corrected chi connectivity index (χ3v) is 4.36. The van der Waals surface area contributed by atoms with Crippen LogP contribution in [0.5, 0.6) is 0 Å². The van der Waals surface area contributed by atoms with Gasteiger partial charge in [-0.1, -0.05) is 6.07 Å². The number of aromatic nitrogens is 1. The van der Waals surface area contributed by atoms with Crippen LogP contribution in [-0.4, -0.2) is 27.8 Å². The molecule has 1 aromatic carbocycles. The van der Waals surface area contributed by atoms with Gasteiger partial charge in [0.15, 0.2) is 5.76 Å². The van der Waals surface area contributed by atoms with Crippen LogP contribution in [0.4, 0.5) is 0 Å². The topological polar surface area (TPSA) is 96.8 Å². The minimum atomic E-state index is -0.959. The predicted molar refractivity (Wildman–Crippen MR) is 101 cm³/mol. The molecule has 0 fully saturated rings. The number of carboxylic acids is 1. The molecule has 2 N–H and O–H groups in total. The molecule has 0 spiro atoms. The number of hydrazone groups is 1. The Bertz CT molecular complexity index is 1030. The van der Waals surface area contributed by atoms with Gasteiger partial charge < -0.3 is 14.1 Å². The Morgan fingerprint density at radius 3 is 2.63 bits per heavy atom. The van der Waals surface area contributed by atoms with Gasteiger partial charge >= 0.3 is 11.9 Å². The van der Waals surface area contributed by atoms with E-state index < -0.39 is 11.9 Å². The summed E-state index contributed by atoms with van der Waals surface area (Å²) in [5.41, 5.74) is 6.78. The second-order valence-electron chi connectivity index (χ2n) is 6.09. The number of furan rings is 1. The molecule has 0 aliphatic heterocycles. The summed E-state index contributed by atoms with van der Waals surface area (Å²) in [5, 5.41) is 13.3. The summed E-state index contributed by atoms with van der Waals surface area (Å²) in [5.74, 6) is -1.21. The fourth-order valence-corrected chi connectivity index (χ4v) is 3.01. The van der Waals surface area contributed by atoms with E-state index in [0.29, 0.717) is 5.56 Å². The molecule has 138 valence electrons. The number of nitrogens with one attached hydrogen (secondary N) is 1. The van der Waals surface area contributed by atoms with Crippen molar-refractivity contribution in [3.8, 4) is 5.69 Å². The number of hydrogen-bond acceptors (Lipinski definition) is 4. The molecular formula is C20H19N3O4. The van der Waals surface area contributed by atoms with Crippen LogP contribution in [0, 0.1) is 20.8 Å². The first-order valence-electron chi connectivity index (χ1n) is 8.29. The average molecular weight is 365 g/mol. The van der Waals surface area contributed by atoms with Gasteiger partial charge in [0, 0.05) is 22.6 Å². The monoisotopic (exact) mass is 365 g/mol. The fraction of sp³-hybridized carbons (Fsp3) is 0.150. The third-order valence-electron chi connectivity index (χ3n) is 4.36. The van der Waals surface area contributed by atoms with E-state index in [1.807, 2.05) is 30.5 Å². The molecule has 27 heavy (non-hydrogen) atoms. The number of benzene rings is 1. The second-order valence-corrected chi connectivity index (χ2v) is 6.09. The quantitative estimate of drug-likeness (QED) is 0.534. The Balaban J connectivity index is 1.90. The molecule has 0 aliphatic carbocycles. The first-order valence-corrected chi connectivity index (χ1v) is 8.29. The SMILES string of the molecule is Cc1c(C(=O)O)cccc1-n1c(C)cc(/C=N\NC(=O)c2ccco2)c1C. The number of carboxylic acid groups (broad SMARTS) is 1. The van der Waals surface area contributed by atoms with Crippen LogP contribution in [0.25, 0.3) is 5.69 Å². The van der Waals surface area contributed by atoms with Crippen molar-refractivity contribution in [2.24, 2.45) is 5.10 Å². The lowest BCUT2D eigenvalue weighted by atomic mass is 10.1. The number of carbonyl (C=O) groups excluding carboxylic acids is 1. The Kier molecular flexibility index (Phi) is 4.94. The molecular weight excluding hydrogens is 346 g/mol. The van der Waals surface area contributed by atoms with E-state index >= 15 is 0 Å². The lowest BCUT2D eigenvalue weighted by Gasteiger charge is -2.14. The van der Waals surface area contributed by atoms with Crippen molar-refractivity contribution in [1.82, 2.24) is 9.99 Å². The molecule has 0 saturated heterocycles. The van der Waals surface area contributed by atoms with Gasteiger partial charge in [-0.15, -0.1) is 0 Å². The van der Waals surface area contributed by atoms with E-state index in [-0.39, 0.29) is 11.3 Å². The van der Waals surface area contributed by atoms with Crippen molar-refractivity contribution in [2.45, 2.75) is 20.8 Å². The molecule has 2 aromatic heterocycles. The van der Waals surface area contributed by atoms with Crippen LogP contribution < -0.4 is 5.43 Å². The van der Waals surface area contributed by atoms with Crippen molar-refractivity contribution in [3.05, 3.63) is 76.5 Å². The number of amides is 1. The molecule has 3 rings (SSSR count). The van der Waals surface area contributed by atoms with Gasteiger partial charge in [-0.05, 0) is 56.7 Å². The van der Waals surface area contributed by atoms with Crippen LogP contribution in [0.1, 0.15) is 43.4 Å². The number of carbonyl (C=O) groups is 2. The van der Waals surface area contributed by atoms with Gasteiger partial charge in [0.2, 0.25) is 0 Å². The zero-order valence-corrected chi connectivity index (χ0v) is 15.2. The maximum atomic E-state index is 11.8. The van der Waals surface area contributed by atoms with E-state index in [1.54, 1.807) is 37.4 Å². The second kappa shape index (κ2) is 7.33. The van der Waals surface area contributed by atoms with Gasteiger partial charge in [-0.3, -0.25) is 4.79 Å². The molecule has 2 heterocycles. The Labute approximate surface area is 155 Å². The highest BCUT2D eigenvalue weighted by atomic mass is 16.4. The lowest BCUT2D eigenvalue weighted by Crippen LogP contribution is -2.16. The standard InChI is InChI=1S/C20H19N3O4/c1-12-10-15(11-21-22-19(24)18-8-5-9-27-18)14(3)23(12)17-7-4-6-16(13(17)2)20(25)26/h4-11H,1-3H3,(H,22,24)(H,25,26)/b21-11-. The Morgan fingerprint density at radius 1 is 1.19 bits per heavy atom. The van der Waals surface area contributed by atoms with E-state index in [1.165, 1.54) is 6.26 Å². The van der Waals surface area contributed by atoms with Crippen molar-refractivity contribution in [2.75, 3.05) is 0 Å². The zero-order valence-electron chi connectivity index (χ0n) is 15.2. The van der Waals surface area contributed by atoms with Crippen molar-refractivity contribution >= 4 is 18.1 Å². The first kappa shape index (κ1) is 18.2. The van der Waals surface area contributed by atoms with E-state index in [2.05, 4.69) is 10.5 Å². The van der Waals surface area contributed by atoms with Gasteiger partial charge in [0.05, 0.1) is 18.0 Å². The maximum Gasteiger partial charge on any atom is 0.336 e. The molecule has 1 amide bonds. The van der Waals surface area contributed by atoms with Gasteiger partial charge in [0.25, 0.3) is 0 Å². The van der Waals surface area contributed by atoms with Crippen molar-refractivity contribution in [1.29, 1.82) is 0 Å². The van der Waals surface area contributed by atoms with Crippen LogP contribution in [0.15, 0.2) is 52.2 Å². The molecule has 0 unspecified atom stereocenters. The summed E-state index contributed by atoms with van der Waals surface area (Å²) in [7, 11) is 0. The number of aromatic carboxylic acids is 1. The highest BCUT2D eigenvalue weighted by Gasteiger charge is 2.15. The Hall–Kier alpha value is -3.61. The largest absolute Gasteiger partial charge is 0.478 e. The molecule has 0 atom stereocenters. The summed E-state index contributed by atoms with van der Waals surface area (Å²) in [4.78, 5) is 23.2. The molecule has 0 saturated carbocycles. The summed E-state index contributed by atoms with van der Waals surface area (Å²) in [6, 6.07) is 10.3. The summed E-state index contributed by atoms with van der Waals surface area (Å²) in [6.07, 6.45) is 2.97. The normalized spacial score (nSPS) is 11.1. The van der Waals surface area contributed by atoms with Gasteiger partial charge in [-0.25, -0.2) is 10.2 Å². The molecule has 0 radical (unpaired) electrons. The predicted octanol–water partition coefficient (Wildman–Crippen LogP) is 3.46. The zero-order chi connectivity index (χ0) is 19.6. The first-order chi connectivity index (χ1) is 12.9. The maximum absolute atomic E-state index is 11.8. The Morgan fingerprint density at radius 2 is 1.96 bits per heavy atom. The molecule has 3 aromatic rings. The number of rotatable bonds is 5. The number of hydrogen-bond donors (Lipinski definition) is 2. The third kappa shape index (κ3) is 3.52. The summed E-state index contributed by atoms with van der Waals surface area (Å²) >= 11 is 0. The minimum Gasteiger partial charge on any atom is -0.478 e. The molecule has 0 aliphatic rings. The molecule has 7 nitrogen and oxygen atoms in total. The highest BCUT2D eigenvalue weighted by Crippen LogP contribution is 2.24. The summed E-state index contributed by atoms with van der Waals surface area (Å²) < 4.78 is 6.98. The summed E-state index contributed by atoms with van der Waals surface area (Å²) in [6.45, 7) is 5.63. The van der Waals surface area contributed by atoms with Gasteiger partial charge in [0.1, 0.15) is 0 Å². The highest BCUT2D eigenvalue weighted by molar-refractivity contribution is 5.92. The smallest absolute Gasteiger partial charge is 0.336 e. The lowest BCUT2D eigenvalue weighted by molar-refractivity contribution is 0.0695. The average Bonchev–Trinajstić information content (AvgIpc) is 3.24. The van der Waals surface area contributed by atoms with Crippen LogP contribution in [0.3, 0.4) is 0 Å². The fourth-order valence-electron chi connectivity index (χ4n) is 3.01. The van der Waals surface area contributed by atoms with Crippen molar-refractivity contribution in [3.63, 3.8) is 0 Å². The van der Waals surface area contributed by atoms with Crippen molar-refractivity contribution < 1.29 is 19.1 Å². The number of aryl methyl sites for hydroxylation is 1. The van der Waals surface area contributed by atoms with Gasteiger partial charge in [-0.2, -0.15) is 5.10 Å². The van der Waals surface area contributed by atoms with E-state index in [0.717, 1.165) is 22.6 Å².